The summed E-state index contributed by atoms with van der Waals surface area (Å²) < 4.78 is 6.44. The van der Waals surface area contributed by atoms with Gasteiger partial charge in [0, 0.05) is 69.0 Å². The molecule has 0 saturated carbocycles. The van der Waals surface area contributed by atoms with Gasteiger partial charge in [0.15, 0.2) is 10.9 Å². The Kier molecular flexibility index (Phi) is 6.87. The lowest BCUT2D eigenvalue weighted by molar-refractivity contribution is 0.372. The molecule has 146 valence electrons. The van der Waals surface area contributed by atoms with Crippen LogP contribution in [0.15, 0.2) is 22.8 Å². The summed E-state index contributed by atoms with van der Waals surface area (Å²) in [6, 6.07) is 0. The number of thiazole rings is 1. The monoisotopic (exact) mass is 518 g/mol. The van der Waals surface area contributed by atoms with Gasteiger partial charge >= 0.3 is 0 Å². The Labute approximate surface area is 183 Å². The van der Waals surface area contributed by atoms with E-state index in [1.165, 1.54) is 11.5 Å². The Morgan fingerprint density at radius 1 is 1.26 bits per heavy atom. The first kappa shape index (κ1) is 20.3. The first-order valence-corrected chi connectivity index (χ1v) is 10.4. The second-order valence-electron chi connectivity index (χ2n) is 6.05. The van der Waals surface area contributed by atoms with E-state index in [-0.39, 0.29) is 24.0 Å². The highest BCUT2D eigenvalue weighted by Gasteiger charge is 2.22. The van der Waals surface area contributed by atoms with E-state index in [1.807, 2.05) is 18.6 Å². The minimum atomic E-state index is 0. The molecule has 0 aliphatic carbocycles. The lowest BCUT2D eigenvalue weighted by atomic mass is 10.3. The van der Waals surface area contributed by atoms with Crippen LogP contribution >= 0.6 is 46.8 Å². The molecule has 0 unspecified atom stereocenters. The summed E-state index contributed by atoms with van der Waals surface area (Å²) >= 11 is 3.14. The largest absolute Gasteiger partial charge is 0.351 e. The average molecular weight is 518 g/mol. The van der Waals surface area contributed by atoms with Gasteiger partial charge in [-0.1, -0.05) is 6.92 Å². The van der Waals surface area contributed by atoms with Gasteiger partial charge < -0.3 is 15.1 Å². The summed E-state index contributed by atoms with van der Waals surface area (Å²) in [5, 5.41) is 6.51. The molecular formula is C16H23IN8S2. The average Bonchev–Trinajstić information content (AvgIpc) is 3.38. The Bertz CT molecular complexity index is 865. The number of imidazole rings is 1. The molecule has 0 bridgehead atoms. The number of halogens is 1. The zero-order chi connectivity index (χ0) is 17.9. The molecule has 11 heteroatoms. The number of fused-ring (bicyclic) bond motifs is 1. The van der Waals surface area contributed by atoms with Gasteiger partial charge in [0.1, 0.15) is 5.82 Å². The van der Waals surface area contributed by atoms with Gasteiger partial charge in [-0.05, 0) is 0 Å². The van der Waals surface area contributed by atoms with Crippen LogP contribution in [-0.4, -0.2) is 62.8 Å². The molecular weight excluding hydrogens is 495 g/mol. The number of guanidine groups is 1. The van der Waals surface area contributed by atoms with E-state index in [0.717, 1.165) is 60.2 Å². The van der Waals surface area contributed by atoms with Crippen molar-refractivity contribution in [3.8, 4) is 0 Å². The Morgan fingerprint density at radius 3 is 2.74 bits per heavy atom. The molecule has 1 N–H and O–H groups in total. The maximum atomic E-state index is 4.61. The van der Waals surface area contributed by atoms with Gasteiger partial charge in [-0.15, -0.1) is 35.3 Å². The zero-order valence-corrected chi connectivity index (χ0v) is 19.3. The first-order chi connectivity index (χ1) is 12.8. The number of hydrogen-bond acceptors (Lipinski definition) is 7. The zero-order valence-electron chi connectivity index (χ0n) is 15.3. The molecule has 0 atom stereocenters. The van der Waals surface area contributed by atoms with Crippen LogP contribution < -0.4 is 10.2 Å². The fourth-order valence-electron chi connectivity index (χ4n) is 2.99. The van der Waals surface area contributed by atoms with Crippen molar-refractivity contribution in [2.45, 2.75) is 19.9 Å². The van der Waals surface area contributed by atoms with Gasteiger partial charge in [0.25, 0.3) is 0 Å². The highest BCUT2D eigenvalue weighted by atomic mass is 127. The Morgan fingerprint density at radius 2 is 2.07 bits per heavy atom. The topological polar surface area (TPSA) is 74.0 Å². The van der Waals surface area contributed by atoms with E-state index in [0.29, 0.717) is 6.54 Å². The predicted octanol–water partition coefficient (Wildman–Crippen LogP) is 2.33. The second kappa shape index (κ2) is 9.15. The Balaban J connectivity index is 0.00000210. The number of hydrogen-bond donors (Lipinski definition) is 1. The molecule has 8 nitrogen and oxygen atoms in total. The molecule has 0 spiro atoms. The quantitative estimate of drug-likeness (QED) is 0.325. The van der Waals surface area contributed by atoms with Gasteiger partial charge in [-0.2, -0.15) is 4.37 Å². The maximum Gasteiger partial charge on any atom is 0.205 e. The third-order valence-electron chi connectivity index (χ3n) is 4.41. The molecule has 1 fully saturated rings. The van der Waals surface area contributed by atoms with E-state index in [4.69, 9.17) is 0 Å². The number of anilines is 1. The third kappa shape index (κ3) is 4.51. The van der Waals surface area contributed by atoms with Crippen molar-refractivity contribution in [2.24, 2.45) is 4.99 Å². The van der Waals surface area contributed by atoms with Crippen molar-refractivity contribution in [1.82, 2.24) is 29.0 Å². The van der Waals surface area contributed by atoms with Crippen LogP contribution in [0.25, 0.3) is 4.96 Å². The fraction of sp³-hybridized carbons (Fsp3) is 0.500. The molecule has 3 aromatic rings. The van der Waals surface area contributed by atoms with E-state index >= 15 is 0 Å². The van der Waals surface area contributed by atoms with Crippen LogP contribution in [0.5, 0.6) is 0 Å². The molecule has 0 radical (unpaired) electrons. The maximum absolute atomic E-state index is 4.61. The highest BCUT2D eigenvalue weighted by molar-refractivity contribution is 14.0. The summed E-state index contributed by atoms with van der Waals surface area (Å²) in [5.41, 5.74) is 1.03. The number of aliphatic imine (C=N–C) groups is 1. The highest BCUT2D eigenvalue weighted by Crippen LogP contribution is 2.19. The van der Waals surface area contributed by atoms with E-state index in [1.54, 1.807) is 11.3 Å². The molecule has 1 aliphatic rings. The smallest absolute Gasteiger partial charge is 0.205 e. The van der Waals surface area contributed by atoms with Crippen LogP contribution in [-0.2, 0) is 13.0 Å². The number of aromatic nitrogens is 4. The SMILES string of the molecule is CCc1nsc(N2CCN(C(=NC)NCc3cn4ccsc4n3)CC2)n1.I. The van der Waals surface area contributed by atoms with Crippen molar-refractivity contribution in [1.29, 1.82) is 0 Å². The summed E-state index contributed by atoms with van der Waals surface area (Å²) in [7, 11) is 1.83. The number of rotatable bonds is 4. The van der Waals surface area contributed by atoms with E-state index < -0.39 is 0 Å². The second-order valence-corrected chi connectivity index (χ2v) is 7.65. The molecule has 27 heavy (non-hydrogen) atoms. The molecule has 3 aromatic heterocycles. The molecule has 1 saturated heterocycles. The predicted molar refractivity (Wildman–Crippen MR) is 122 cm³/mol. The van der Waals surface area contributed by atoms with Crippen LogP contribution in [0.4, 0.5) is 5.13 Å². The molecule has 4 heterocycles. The standard InChI is InChI=1S/C16H22N8S2.HI/c1-3-13-20-16(26-21-13)23-6-4-22(5-7-23)14(17-2)18-10-12-11-24-8-9-25-15(24)19-12;/h8-9,11H,3-7,10H2,1-2H3,(H,17,18);1H. The first-order valence-electron chi connectivity index (χ1n) is 8.71. The van der Waals surface area contributed by atoms with Gasteiger partial charge in [-0.25, -0.2) is 9.97 Å². The van der Waals surface area contributed by atoms with Crippen LogP contribution in [0, 0.1) is 0 Å². The van der Waals surface area contributed by atoms with Crippen molar-refractivity contribution in [3.63, 3.8) is 0 Å². The van der Waals surface area contributed by atoms with Crippen molar-refractivity contribution >= 4 is 62.9 Å². The van der Waals surface area contributed by atoms with E-state index in [9.17, 15) is 0 Å². The van der Waals surface area contributed by atoms with Crippen molar-refractivity contribution < 1.29 is 0 Å². The molecule has 4 rings (SSSR count). The fourth-order valence-corrected chi connectivity index (χ4v) is 4.51. The summed E-state index contributed by atoms with van der Waals surface area (Å²) in [4.78, 5) is 19.3. The van der Waals surface area contributed by atoms with Crippen LogP contribution in [0.1, 0.15) is 18.4 Å². The lowest BCUT2D eigenvalue weighted by Gasteiger charge is -2.36. The van der Waals surface area contributed by atoms with Crippen LogP contribution in [0.2, 0.25) is 0 Å². The van der Waals surface area contributed by atoms with Gasteiger partial charge in [0.2, 0.25) is 5.13 Å². The number of nitrogens with one attached hydrogen (secondary N) is 1. The van der Waals surface area contributed by atoms with Gasteiger partial charge in [-0.3, -0.25) is 9.39 Å². The summed E-state index contributed by atoms with van der Waals surface area (Å²) in [5.74, 6) is 1.86. The van der Waals surface area contributed by atoms with Crippen LogP contribution in [0.3, 0.4) is 0 Å². The lowest BCUT2D eigenvalue weighted by Crippen LogP contribution is -2.52. The third-order valence-corrected chi connectivity index (χ3v) is 5.99. The normalized spacial score (nSPS) is 15.3. The Hall–Kier alpha value is -1.47. The van der Waals surface area contributed by atoms with E-state index in [2.05, 4.69) is 52.0 Å². The number of nitrogens with zero attached hydrogens (tertiary/aromatic N) is 7. The minimum Gasteiger partial charge on any atom is -0.351 e. The minimum absolute atomic E-state index is 0. The molecule has 0 amide bonds. The van der Waals surface area contributed by atoms with Crippen molar-refractivity contribution in [3.05, 3.63) is 29.3 Å². The molecule has 1 aliphatic heterocycles. The van der Waals surface area contributed by atoms with Gasteiger partial charge in [0.05, 0.1) is 12.2 Å². The molecule has 0 aromatic carbocycles. The van der Waals surface area contributed by atoms with Crippen molar-refractivity contribution in [2.75, 3.05) is 38.1 Å². The summed E-state index contributed by atoms with van der Waals surface area (Å²) in [6.07, 6.45) is 4.98. The number of piperazine rings is 1. The number of aryl methyl sites for hydroxylation is 1. The summed E-state index contributed by atoms with van der Waals surface area (Å²) in [6.45, 7) is 6.46.